The van der Waals surface area contributed by atoms with Gasteiger partial charge in [-0.25, -0.2) is 14.8 Å². The molecule has 1 aliphatic carbocycles. The van der Waals surface area contributed by atoms with Crippen LogP contribution in [0.5, 0.6) is 5.88 Å². The first kappa shape index (κ1) is 23.8. The molecule has 0 fully saturated rings. The van der Waals surface area contributed by atoms with Crippen molar-refractivity contribution in [2.24, 2.45) is 5.73 Å². The molecule has 8 nitrogen and oxygen atoms in total. The zero-order valence-electron chi connectivity index (χ0n) is 14.9. The number of nitrogens with zero attached hydrogens (tertiary/aromatic N) is 2. The number of aromatic carboxylic acids is 1. The monoisotopic (exact) mass is 446 g/mol. The molecule has 0 atom stereocenters. The highest BCUT2D eigenvalue weighted by Crippen LogP contribution is 2.34. The standard InChI is InChI=1S/C10H8N2O3S.C7H10N2O.2ClH/c13-8-6-4-2-1-3-5(4)16-9(6)12-7(11-8)10(14)15;1-10-7-4-6(5-8)2-3-9-7;;/h1-3H2,(H,14,15)(H,11,12,13);2-4H,5,8H2,1H3;2*1H. The molecule has 0 radical (unpaired) electrons. The van der Waals surface area contributed by atoms with E-state index in [0.29, 0.717) is 22.6 Å². The number of carboxylic acid groups (broad SMARTS) is 1. The number of thiophene rings is 1. The second-order valence-corrected chi connectivity index (χ2v) is 6.75. The third-order valence-electron chi connectivity index (χ3n) is 4.02. The number of aromatic amines is 1. The normalized spacial score (nSPS) is 11.5. The summed E-state index contributed by atoms with van der Waals surface area (Å²) in [6.07, 6.45) is 4.61. The minimum absolute atomic E-state index is 0. The summed E-state index contributed by atoms with van der Waals surface area (Å²) in [6, 6.07) is 3.68. The predicted molar refractivity (Wildman–Crippen MR) is 112 cm³/mol. The van der Waals surface area contributed by atoms with Gasteiger partial charge in [-0.3, -0.25) is 4.79 Å². The summed E-state index contributed by atoms with van der Waals surface area (Å²) in [6.45, 7) is 0.527. The zero-order chi connectivity index (χ0) is 18.7. The Hall–Kier alpha value is -2.20. The van der Waals surface area contributed by atoms with Crippen molar-refractivity contribution in [1.29, 1.82) is 0 Å². The SMILES string of the molecule is COc1cc(CN)ccn1.Cl.Cl.O=C(O)c1nc2sc3c(c2c(=O)[nH]1)CCC3. The number of nitrogens with one attached hydrogen (secondary N) is 1. The number of carboxylic acids is 1. The number of halogens is 2. The molecular formula is C17H20Cl2N4O4S. The maximum absolute atomic E-state index is 11.8. The molecule has 0 spiro atoms. The van der Waals surface area contributed by atoms with E-state index in [2.05, 4.69) is 15.0 Å². The second kappa shape index (κ2) is 10.4. The Morgan fingerprint density at radius 2 is 2.14 bits per heavy atom. The van der Waals surface area contributed by atoms with Crippen molar-refractivity contribution in [1.82, 2.24) is 15.0 Å². The summed E-state index contributed by atoms with van der Waals surface area (Å²) < 4.78 is 4.89. The maximum Gasteiger partial charge on any atom is 0.372 e. The van der Waals surface area contributed by atoms with Gasteiger partial charge in [-0.05, 0) is 36.5 Å². The zero-order valence-corrected chi connectivity index (χ0v) is 17.4. The second-order valence-electron chi connectivity index (χ2n) is 5.67. The lowest BCUT2D eigenvalue weighted by Gasteiger charge is -1.98. The van der Waals surface area contributed by atoms with Crippen molar-refractivity contribution in [2.45, 2.75) is 25.8 Å². The summed E-state index contributed by atoms with van der Waals surface area (Å²) in [5.41, 5.74) is 7.15. The number of methoxy groups -OCH3 is 1. The highest BCUT2D eigenvalue weighted by Gasteiger charge is 2.22. The first-order valence-corrected chi connectivity index (χ1v) is 8.82. The highest BCUT2D eigenvalue weighted by molar-refractivity contribution is 7.18. The van der Waals surface area contributed by atoms with E-state index in [1.54, 1.807) is 13.3 Å². The summed E-state index contributed by atoms with van der Waals surface area (Å²) in [5.74, 6) is -0.868. The molecule has 152 valence electrons. The number of carbonyl (C=O) groups is 1. The number of aromatic nitrogens is 3. The Morgan fingerprint density at radius 1 is 1.39 bits per heavy atom. The van der Waals surface area contributed by atoms with Gasteiger partial charge in [0.15, 0.2) is 0 Å². The van der Waals surface area contributed by atoms with Crippen molar-refractivity contribution in [2.75, 3.05) is 7.11 Å². The molecule has 3 heterocycles. The molecule has 1 aliphatic rings. The molecular weight excluding hydrogens is 427 g/mol. The van der Waals surface area contributed by atoms with Gasteiger partial charge in [0, 0.05) is 23.7 Å². The van der Waals surface area contributed by atoms with E-state index < -0.39 is 5.97 Å². The molecule has 11 heteroatoms. The Labute approximate surface area is 177 Å². The van der Waals surface area contributed by atoms with Crippen LogP contribution in [0.25, 0.3) is 10.2 Å². The number of nitrogens with two attached hydrogens (primary N) is 1. The van der Waals surface area contributed by atoms with Crippen LogP contribution in [0, 0.1) is 0 Å². The topological polar surface area (TPSA) is 131 Å². The van der Waals surface area contributed by atoms with Gasteiger partial charge in [-0.1, -0.05) is 0 Å². The van der Waals surface area contributed by atoms with Gasteiger partial charge in [-0.15, -0.1) is 36.2 Å². The van der Waals surface area contributed by atoms with Gasteiger partial charge in [0.2, 0.25) is 11.7 Å². The van der Waals surface area contributed by atoms with Gasteiger partial charge in [-0.2, -0.15) is 0 Å². The molecule has 28 heavy (non-hydrogen) atoms. The average Bonchev–Trinajstić information content (AvgIpc) is 3.22. The largest absolute Gasteiger partial charge is 0.481 e. The van der Waals surface area contributed by atoms with Gasteiger partial charge in [0.25, 0.3) is 5.56 Å². The Kier molecular flexibility index (Phi) is 8.83. The fourth-order valence-electron chi connectivity index (χ4n) is 2.79. The smallest absolute Gasteiger partial charge is 0.372 e. The molecule has 0 aliphatic heterocycles. The third-order valence-corrected chi connectivity index (χ3v) is 5.21. The van der Waals surface area contributed by atoms with Gasteiger partial charge in [0.1, 0.15) is 4.83 Å². The van der Waals surface area contributed by atoms with Crippen LogP contribution in [0.4, 0.5) is 0 Å². The average molecular weight is 447 g/mol. The number of fused-ring (bicyclic) bond motifs is 3. The fraction of sp³-hybridized carbons (Fsp3) is 0.294. The number of rotatable bonds is 3. The summed E-state index contributed by atoms with van der Waals surface area (Å²) >= 11 is 1.44. The maximum atomic E-state index is 11.8. The molecule has 3 aromatic rings. The number of ether oxygens (including phenoxy) is 1. The van der Waals surface area contributed by atoms with Crippen LogP contribution in [0.15, 0.2) is 23.1 Å². The molecule has 0 saturated heterocycles. The van der Waals surface area contributed by atoms with Crippen LogP contribution >= 0.6 is 36.2 Å². The molecule has 3 aromatic heterocycles. The molecule has 0 amide bonds. The Balaban J connectivity index is 0.000000288. The Bertz CT molecular complexity index is 1000. The van der Waals surface area contributed by atoms with Gasteiger partial charge >= 0.3 is 5.97 Å². The van der Waals surface area contributed by atoms with Crippen LogP contribution in [-0.4, -0.2) is 33.1 Å². The van der Waals surface area contributed by atoms with E-state index >= 15 is 0 Å². The lowest BCUT2D eigenvalue weighted by Crippen LogP contribution is -2.15. The number of H-pyrrole nitrogens is 1. The Morgan fingerprint density at radius 3 is 2.79 bits per heavy atom. The van der Waals surface area contributed by atoms with E-state index in [0.717, 1.165) is 30.4 Å². The highest BCUT2D eigenvalue weighted by atomic mass is 35.5. The van der Waals surface area contributed by atoms with Crippen LogP contribution in [0.3, 0.4) is 0 Å². The predicted octanol–water partition coefficient (Wildman–Crippen LogP) is 2.56. The van der Waals surface area contributed by atoms with E-state index in [1.165, 1.54) is 16.2 Å². The lowest BCUT2D eigenvalue weighted by atomic mass is 10.2. The molecule has 0 aromatic carbocycles. The van der Waals surface area contributed by atoms with Crippen LogP contribution in [0.2, 0.25) is 0 Å². The van der Waals surface area contributed by atoms with Crippen molar-refractivity contribution in [3.05, 3.63) is 50.5 Å². The van der Waals surface area contributed by atoms with Crippen molar-refractivity contribution in [3.63, 3.8) is 0 Å². The molecule has 4 N–H and O–H groups in total. The summed E-state index contributed by atoms with van der Waals surface area (Å²) in [7, 11) is 1.59. The number of hydrogen-bond acceptors (Lipinski definition) is 7. The molecule has 0 saturated carbocycles. The first-order chi connectivity index (χ1) is 12.5. The molecule has 0 unspecified atom stereocenters. The van der Waals surface area contributed by atoms with Crippen molar-refractivity contribution < 1.29 is 14.6 Å². The molecule has 4 rings (SSSR count). The first-order valence-electron chi connectivity index (χ1n) is 8.00. The quantitative estimate of drug-likeness (QED) is 0.562. The third kappa shape index (κ3) is 4.99. The number of aryl methyl sites for hydroxylation is 2. The minimum Gasteiger partial charge on any atom is -0.481 e. The van der Waals surface area contributed by atoms with E-state index in [4.69, 9.17) is 15.6 Å². The minimum atomic E-state index is -1.20. The van der Waals surface area contributed by atoms with Gasteiger partial charge in [0.05, 0.1) is 12.5 Å². The number of hydrogen-bond donors (Lipinski definition) is 3. The number of pyridine rings is 1. The van der Waals surface area contributed by atoms with Crippen LogP contribution < -0.4 is 16.0 Å². The van der Waals surface area contributed by atoms with E-state index in [-0.39, 0.29) is 36.2 Å². The molecule has 0 bridgehead atoms. The van der Waals surface area contributed by atoms with E-state index in [1.807, 2.05) is 12.1 Å². The summed E-state index contributed by atoms with van der Waals surface area (Å²) in [4.78, 5) is 34.4. The van der Waals surface area contributed by atoms with Gasteiger partial charge < -0.3 is 20.6 Å². The van der Waals surface area contributed by atoms with Crippen molar-refractivity contribution >= 4 is 52.3 Å². The fourth-order valence-corrected chi connectivity index (χ4v) is 4.05. The van der Waals surface area contributed by atoms with Crippen molar-refractivity contribution in [3.8, 4) is 5.88 Å². The van der Waals surface area contributed by atoms with E-state index in [9.17, 15) is 9.59 Å². The lowest BCUT2D eigenvalue weighted by molar-refractivity contribution is 0.0683. The van der Waals surface area contributed by atoms with Crippen LogP contribution in [0.1, 0.15) is 33.0 Å². The summed E-state index contributed by atoms with van der Waals surface area (Å²) in [5, 5.41) is 9.37. The van der Waals surface area contributed by atoms with Crippen LogP contribution in [-0.2, 0) is 19.4 Å².